The van der Waals surface area contributed by atoms with Gasteiger partial charge in [-0.15, -0.1) is 0 Å². The molecule has 0 atom stereocenters. The first kappa shape index (κ1) is 27.1. The van der Waals surface area contributed by atoms with Crippen LogP contribution in [-0.2, 0) is 0 Å². The molecule has 1 saturated carbocycles. The first-order valence-corrected chi connectivity index (χ1v) is 15.3. The number of piperidine rings is 1. The van der Waals surface area contributed by atoms with E-state index in [4.69, 9.17) is 28.3 Å². The van der Waals surface area contributed by atoms with E-state index in [1.165, 1.54) is 46.1 Å². The molecule has 7 heteroatoms. The lowest BCUT2D eigenvalue weighted by Crippen LogP contribution is -2.33. The zero-order chi connectivity index (χ0) is 28.8. The highest BCUT2D eigenvalue weighted by atomic mass is 35.5. The van der Waals surface area contributed by atoms with Gasteiger partial charge >= 0.3 is 5.97 Å². The van der Waals surface area contributed by atoms with Gasteiger partial charge in [-0.1, -0.05) is 59.6 Å². The number of benzene rings is 4. The minimum atomic E-state index is -0.893. The van der Waals surface area contributed by atoms with Gasteiger partial charge in [-0.3, -0.25) is 4.68 Å². The third kappa shape index (κ3) is 5.28. The van der Waals surface area contributed by atoms with Gasteiger partial charge in [-0.05, 0) is 97.0 Å². The Morgan fingerprint density at radius 3 is 2.00 bits per heavy atom. The first-order valence-electron chi connectivity index (χ1n) is 14.6. The van der Waals surface area contributed by atoms with Gasteiger partial charge < -0.3 is 10.0 Å². The summed E-state index contributed by atoms with van der Waals surface area (Å²) < 4.78 is 2.26. The molecule has 0 spiro atoms. The summed E-state index contributed by atoms with van der Waals surface area (Å²) in [7, 11) is 0. The van der Waals surface area contributed by atoms with Crippen molar-refractivity contribution in [3.63, 3.8) is 0 Å². The normalized spacial score (nSPS) is 15.9. The Bertz CT molecular complexity index is 1710. The van der Waals surface area contributed by atoms with Crippen molar-refractivity contribution in [3.8, 4) is 0 Å². The van der Waals surface area contributed by atoms with E-state index in [1.807, 2.05) is 36.4 Å². The number of halogens is 2. The third-order valence-electron chi connectivity index (χ3n) is 8.73. The lowest BCUT2D eigenvalue weighted by molar-refractivity contribution is 0.0697. The van der Waals surface area contributed by atoms with Crippen molar-refractivity contribution in [1.29, 1.82) is 0 Å². The number of hydrogen-bond donors (Lipinski definition) is 1. The average Bonchev–Trinajstić information content (AvgIpc) is 3.79. The fourth-order valence-corrected chi connectivity index (χ4v) is 6.65. The minimum Gasteiger partial charge on any atom is -0.478 e. The molecule has 212 valence electrons. The van der Waals surface area contributed by atoms with Gasteiger partial charge in [0, 0.05) is 46.0 Å². The molecule has 1 aromatic heterocycles. The van der Waals surface area contributed by atoms with E-state index in [9.17, 15) is 9.90 Å². The van der Waals surface area contributed by atoms with Crippen molar-refractivity contribution in [1.82, 2.24) is 9.78 Å². The maximum atomic E-state index is 11.5. The molecule has 2 aliphatic rings. The average molecular weight is 597 g/mol. The summed E-state index contributed by atoms with van der Waals surface area (Å²) in [5, 5.41) is 17.4. The van der Waals surface area contributed by atoms with Crippen molar-refractivity contribution >= 4 is 45.8 Å². The minimum absolute atomic E-state index is 0.0319. The number of hydrogen-bond acceptors (Lipinski definition) is 3. The van der Waals surface area contributed by atoms with Crippen LogP contribution in [0.2, 0.25) is 10.0 Å². The van der Waals surface area contributed by atoms with Gasteiger partial charge in [0.1, 0.15) is 0 Å². The van der Waals surface area contributed by atoms with E-state index in [-0.39, 0.29) is 5.92 Å². The Labute approximate surface area is 255 Å². The van der Waals surface area contributed by atoms with Gasteiger partial charge in [0.15, 0.2) is 0 Å². The molecule has 0 amide bonds. The second kappa shape index (κ2) is 11.1. The zero-order valence-corrected chi connectivity index (χ0v) is 24.6. The number of aromatic carboxylic acids is 1. The molecular formula is C35H31Cl2N3O2. The van der Waals surface area contributed by atoms with E-state index in [0.717, 1.165) is 41.7 Å². The van der Waals surface area contributed by atoms with Crippen LogP contribution in [0.3, 0.4) is 0 Å². The molecule has 1 N–H and O–H groups in total. The van der Waals surface area contributed by atoms with E-state index >= 15 is 0 Å². The van der Waals surface area contributed by atoms with Gasteiger partial charge in [0.2, 0.25) is 0 Å². The summed E-state index contributed by atoms with van der Waals surface area (Å²) in [6, 6.07) is 30.8. The van der Waals surface area contributed by atoms with Crippen LogP contribution in [0.15, 0.2) is 91.0 Å². The van der Waals surface area contributed by atoms with Crippen molar-refractivity contribution in [2.24, 2.45) is 0 Å². The molecule has 5 nitrogen and oxygen atoms in total. The van der Waals surface area contributed by atoms with Gasteiger partial charge in [-0.25, -0.2) is 4.79 Å². The topological polar surface area (TPSA) is 58.4 Å². The molecule has 42 heavy (non-hydrogen) atoms. The van der Waals surface area contributed by atoms with Crippen LogP contribution in [0.5, 0.6) is 0 Å². The van der Waals surface area contributed by atoms with Crippen LogP contribution in [0.1, 0.15) is 76.3 Å². The highest BCUT2D eigenvalue weighted by molar-refractivity contribution is 6.30. The molecular weight excluding hydrogens is 565 g/mol. The molecule has 2 heterocycles. The second-order valence-corrected chi connectivity index (χ2v) is 12.4. The van der Waals surface area contributed by atoms with Crippen LogP contribution in [0.25, 0.3) is 10.9 Å². The molecule has 0 bridgehead atoms. The molecule has 4 aromatic carbocycles. The fourth-order valence-electron chi connectivity index (χ4n) is 6.40. The summed E-state index contributed by atoms with van der Waals surface area (Å²) in [6.45, 7) is 1.73. The third-order valence-corrected chi connectivity index (χ3v) is 9.24. The molecule has 5 aromatic rings. The number of aromatic nitrogens is 2. The lowest BCUT2D eigenvalue weighted by Gasteiger charge is -2.33. The first-order chi connectivity index (χ1) is 20.4. The van der Waals surface area contributed by atoms with Crippen molar-refractivity contribution in [2.75, 3.05) is 18.0 Å². The molecule has 1 saturated heterocycles. The lowest BCUT2D eigenvalue weighted by atomic mass is 9.84. The van der Waals surface area contributed by atoms with Crippen molar-refractivity contribution in [2.45, 2.75) is 43.6 Å². The predicted molar refractivity (Wildman–Crippen MR) is 169 cm³/mol. The molecule has 2 fully saturated rings. The number of rotatable bonds is 7. The Balaban J connectivity index is 1.25. The highest BCUT2D eigenvalue weighted by Gasteiger charge is 2.31. The predicted octanol–water partition coefficient (Wildman–Crippen LogP) is 8.94. The summed E-state index contributed by atoms with van der Waals surface area (Å²) in [6.07, 6.45) is 4.29. The van der Waals surface area contributed by atoms with Crippen LogP contribution in [0, 0.1) is 0 Å². The maximum Gasteiger partial charge on any atom is 0.335 e. The number of carbonyl (C=O) groups is 1. The van der Waals surface area contributed by atoms with Gasteiger partial charge in [-0.2, -0.15) is 5.10 Å². The Kier molecular flexibility index (Phi) is 7.17. The molecule has 7 rings (SSSR count). The number of fused-ring (bicyclic) bond motifs is 1. The zero-order valence-electron chi connectivity index (χ0n) is 23.1. The quantitative estimate of drug-likeness (QED) is 0.191. The van der Waals surface area contributed by atoms with Gasteiger partial charge in [0.25, 0.3) is 0 Å². The highest BCUT2D eigenvalue weighted by Crippen LogP contribution is 2.42. The van der Waals surface area contributed by atoms with Crippen LogP contribution in [-0.4, -0.2) is 33.9 Å². The standard InChI is InChI=1S/C35H31Cl2N3O2/c36-27-9-4-22(5-10-27)33(23-6-11-28(37)12-7-23)25-8-15-32-31(21-25)34(38-40(32)29-13-14-29)24-16-18-39(19-17-24)30-3-1-2-26(20-30)35(41)42/h1-12,15,20-21,24,29,33H,13-14,16-19H2,(H,41,42). The molecule has 0 unspecified atom stereocenters. The van der Waals surface area contributed by atoms with E-state index < -0.39 is 5.97 Å². The smallest absolute Gasteiger partial charge is 0.335 e. The van der Waals surface area contributed by atoms with Crippen LogP contribution < -0.4 is 4.90 Å². The molecule has 0 radical (unpaired) electrons. The number of carboxylic acid groups (broad SMARTS) is 1. The van der Waals surface area contributed by atoms with E-state index in [1.54, 1.807) is 12.1 Å². The Hall–Kier alpha value is -3.80. The number of nitrogens with zero attached hydrogens (tertiary/aromatic N) is 3. The van der Waals surface area contributed by atoms with Crippen LogP contribution >= 0.6 is 23.2 Å². The largest absolute Gasteiger partial charge is 0.478 e. The second-order valence-electron chi connectivity index (χ2n) is 11.5. The summed E-state index contributed by atoms with van der Waals surface area (Å²) in [4.78, 5) is 13.8. The molecule has 1 aliphatic carbocycles. The summed E-state index contributed by atoms with van der Waals surface area (Å²) in [5.41, 5.74) is 7.25. The fraction of sp³-hybridized carbons (Fsp3) is 0.257. The van der Waals surface area contributed by atoms with Gasteiger partial charge in [0.05, 0.1) is 22.8 Å². The maximum absolute atomic E-state index is 11.5. The van der Waals surface area contributed by atoms with Crippen molar-refractivity contribution < 1.29 is 9.90 Å². The number of anilines is 1. The Morgan fingerprint density at radius 1 is 0.786 bits per heavy atom. The number of carboxylic acids is 1. The van der Waals surface area contributed by atoms with E-state index in [2.05, 4.69) is 52.0 Å². The van der Waals surface area contributed by atoms with Crippen molar-refractivity contribution in [3.05, 3.63) is 129 Å². The monoisotopic (exact) mass is 595 g/mol. The summed E-state index contributed by atoms with van der Waals surface area (Å²) >= 11 is 12.5. The summed E-state index contributed by atoms with van der Waals surface area (Å²) in [5.74, 6) is -0.522. The Morgan fingerprint density at radius 2 is 1.40 bits per heavy atom. The molecule has 1 aliphatic heterocycles. The SMILES string of the molecule is O=C(O)c1cccc(N2CCC(c3nn(C4CC4)c4ccc(C(c5ccc(Cl)cc5)c5ccc(Cl)cc5)cc34)CC2)c1. The van der Waals surface area contributed by atoms with E-state index in [0.29, 0.717) is 17.5 Å². The van der Waals surface area contributed by atoms with Crippen LogP contribution in [0.4, 0.5) is 5.69 Å².